The summed E-state index contributed by atoms with van der Waals surface area (Å²) in [6.07, 6.45) is 3.12. The van der Waals surface area contributed by atoms with Gasteiger partial charge in [0.2, 0.25) is 0 Å². The molecule has 1 aliphatic rings. The van der Waals surface area contributed by atoms with Gasteiger partial charge in [0.05, 0.1) is 0 Å². The number of aliphatic hydroxyl groups is 1. The number of aliphatic hydroxyl groups excluding tert-OH is 1. The van der Waals surface area contributed by atoms with Gasteiger partial charge >= 0.3 is 0 Å². The van der Waals surface area contributed by atoms with Crippen LogP contribution in [0, 0.1) is 5.41 Å². The van der Waals surface area contributed by atoms with Gasteiger partial charge < -0.3 is 5.11 Å². The van der Waals surface area contributed by atoms with Gasteiger partial charge in [0, 0.05) is 11.8 Å². The first-order valence-electron chi connectivity index (χ1n) is 3.94. The fourth-order valence-corrected chi connectivity index (χ4v) is 1.50. The van der Waals surface area contributed by atoms with Crippen LogP contribution in [0.4, 0.5) is 0 Å². The summed E-state index contributed by atoms with van der Waals surface area (Å²) in [6, 6.07) is 0. The third-order valence-electron chi connectivity index (χ3n) is 2.53. The summed E-state index contributed by atoms with van der Waals surface area (Å²) >= 11 is 0. The normalized spacial score (nSPS) is 38.7. The molecule has 0 radical (unpaired) electrons. The molecule has 62 valence electrons. The number of ketones is 1. The summed E-state index contributed by atoms with van der Waals surface area (Å²) in [5, 5.41) is 9.48. The molecular weight excluding hydrogens is 140 g/mol. The van der Waals surface area contributed by atoms with Crippen LogP contribution < -0.4 is 0 Å². The second kappa shape index (κ2) is 2.78. The Morgan fingerprint density at radius 2 is 2.45 bits per heavy atom. The molecular formula is C9H14O2. The van der Waals surface area contributed by atoms with Crippen molar-refractivity contribution >= 4 is 5.78 Å². The zero-order valence-electron chi connectivity index (χ0n) is 6.84. The Balaban J connectivity index is 2.80. The summed E-state index contributed by atoms with van der Waals surface area (Å²) in [4.78, 5) is 11.1. The topological polar surface area (TPSA) is 37.3 Å². The minimum absolute atomic E-state index is 0.0429. The molecule has 2 nitrogen and oxygen atoms in total. The van der Waals surface area contributed by atoms with Gasteiger partial charge in [-0.05, 0) is 12.8 Å². The van der Waals surface area contributed by atoms with Crippen molar-refractivity contribution in [3.05, 3.63) is 12.7 Å². The van der Waals surface area contributed by atoms with E-state index in [-0.39, 0.29) is 11.2 Å². The van der Waals surface area contributed by atoms with Gasteiger partial charge in [0.1, 0.15) is 6.10 Å². The Hall–Kier alpha value is -0.630. The first-order valence-corrected chi connectivity index (χ1v) is 3.94. The minimum Gasteiger partial charge on any atom is -0.384 e. The third-order valence-corrected chi connectivity index (χ3v) is 2.53. The lowest BCUT2D eigenvalue weighted by atomic mass is 9.73. The standard InChI is InChI=1S/C9H14O2/c1-3-9(2)6-4-5-7(10)8(9)11/h3,8,11H,1,4-6H2,2H3/t8-,9+/m1/s1. The molecule has 2 atom stereocenters. The van der Waals surface area contributed by atoms with Crippen LogP contribution in [0.1, 0.15) is 26.2 Å². The maximum absolute atomic E-state index is 11.1. The number of Topliss-reactive ketones (excluding diaryl/α,β-unsaturated/α-hetero) is 1. The fraction of sp³-hybridized carbons (Fsp3) is 0.667. The van der Waals surface area contributed by atoms with Crippen molar-refractivity contribution in [2.45, 2.75) is 32.3 Å². The lowest BCUT2D eigenvalue weighted by Gasteiger charge is -2.34. The number of carbonyl (C=O) groups is 1. The average molecular weight is 154 g/mol. The van der Waals surface area contributed by atoms with Crippen molar-refractivity contribution in [2.24, 2.45) is 5.41 Å². The third kappa shape index (κ3) is 1.36. The second-order valence-electron chi connectivity index (χ2n) is 3.43. The van der Waals surface area contributed by atoms with Crippen molar-refractivity contribution in [1.29, 1.82) is 0 Å². The largest absolute Gasteiger partial charge is 0.384 e. The highest BCUT2D eigenvalue weighted by atomic mass is 16.3. The monoisotopic (exact) mass is 154 g/mol. The van der Waals surface area contributed by atoms with E-state index in [1.165, 1.54) is 0 Å². The highest BCUT2D eigenvalue weighted by Gasteiger charge is 2.37. The number of carbonyl (C=O) groups excluding carboxylic acids is 1. The van der Waals surface area contributed by atoms with Gasteiger partial charge in [-0.2, -0.15) is 0 Å². The maximum Gasteiger partial charge on any atom is 0.162 e. The molecule has 0 spiro atoms. The predicted molar refractivity (Wildman–Crippen MR) is 43.2 cm³/mol. The molecule has 0 unspecified atom stereocenters. The fourth-order valence-electron chi connectivity index (χ4n) is 1.50. The van der Waals surface area contributed by atoms with Gasteiger partial charge in [-0.1, -0.05) is 13.0 Å². The van der Waals surface area contributed by atoms with Gasteiger partial charge in [-0.15, -0.1) is 6.58 Å². The lowest BCUT2D eigenvalue weighted by molar-refractivity contribution is -0.135. The van der Waals surface area contributed by atoms with Crippen LogP contribution in [0.15, 0.2) is 12.7 Å². The van der Waals surface area contributed by atoms with Crippen LogP contribution in [0.3, 0.4) is 0 Å². The van der Waals surface area contributed by atoms with Crippen molar-refractivity contribution in [3.8, 4) is 0 Å². The van der Waals surface area contributed by atoms with E-state index in [2.05, 4.69) is 6.58 Å². The van der Waals surface area contributed by atoms with E-state index in [4.69, 9.17) is 0 Å². The maximum atomic E-state index is 11.1. The molecule has 0 aromatic carbocycles. The summed E-state index contributed by atoms with van der Waals surface area (Å²) in [7, 11) is 0. The van der Waals surface area contributed by atoms with Crippen LogP contribution in [0.25, 0.3) is 0 Å². The van der Waals surface area contributed by atoms with E-state index >= 15 is 0 Å². The van der Waals surface area contributed by atoms with Crippen LogP contribution in [-0.2, 0) is 4.79 Å². The zero-order valence-corrected chi connectivity index (χ0v) is 6.84. The van der Waals surface area contributed by atoms with E-state index in [1.54, 1.807) is 6.08 Å². The molecule has 0 bridgehead atoms. The Bertz CT molecular complexity index is 186. The minimum atomic E-state index is -0.825. The van der Waals surface area contributed by atoms with Gasteiger partial charge in [0.25, 0.3) is 0 Å². The zero-order chi connectivity index (χ0) is 8.48. The number of rotatable bonds is 1. The van der Waals surface area contributed by atoms with Crippen LogP contribution in [0.5, 0.6) is 0 Å². The van der Waals surface area contributed by atoms with Gasteiger partial charge in [-0.25, -0.2) is 0 Å². The Morgan fingerprint density at radius 1 is 1.82 bits per heavy atom. The first kappa shape index (κ1) is 8.47. The van der Waals surface area contributed by atoms with Gasteiger partial charge in [0.15, 0.2) is 5.78 Å². The van der Waals surface area contributed by atoms with E-state index in [0.717, 1.165) is 12.8 Å². The van der Waals surface area contributed by atoms with Crippen LogP contribution >= 0.6 is 0 Å². The molecule has 0 aromatic heterocycles. The molecule has 1 N–H and O–H groups in total. The molecule has 0 saturated heterocycles. The number of hydrogen-bond acceptors (Lipinski definition) is 2. The van der Waals surface area contributed by atoms with E-state index in [0.29, 0.717) is 6.42 Å². The highest BCUT2D eigenvalue weighted by Crippen LogP contribution is 2.34. The summed E-state index contributed by atoms with van der Waals surface area (Å²) in [5.74, 6) is -0.0429. The summed E-state index contributed by atoms with van der Waals surface area (Å²) in [5.41, 5.74) is -0.380. The second-order valence-corrected chi connectivity index (χ2v) is 3.43. The van der Waals surface area contributed by atoms with E-state index < -0.39 is 6.10 Å². The average Bonchev–Trinajstić information content (AvgIpc) is 2.00. The lowest BCUT2D eigenvalue weighted by Crippen LogP contribution is -2.40. The van der Waals surface area contributed by atoms with Gasteiger partial charge in [-0.3, -0.25) is 4.79 Å². The smallest absolute Gasteiger partial charge is 0.162 e. The van der Waals surface area contributed by atoms with Crippen molar-refractivity contribution in [1.82, 2.24) is 0 Å². The highest BCUT2D eigenvalue weighted by molar-refractivity contribution is 5.84. The molecule has 0 amide bonds. The summed E-state index contributed by atoms with van der Waals surface area (Å²) in [6.45, 7) is 5.51. The Morgan fingerprint density at radius 3 is 2.91 bits per heavy atom. The predicted octanol–water partition coefficient (Wildman–Crippen LogP) is 1.29. The molecule has 0 aromatic rings. The summed E-state index contributed by atoms with van der Waals surface area (Å²) < 4.78 is 0. The SMILES string of the molecule is C=C[C@@]1(C)CCCC(=O)[C@H]1O. The molecule has 1 aliphatic carbocycles. The molecule has 0 heterocycles. The first-order chi connectivity index (χ1) is 5.10. The van der Waals surface area contributed by atoms with E-state index in [9.17, 15) is 9.90 Å². The van der Waals surface area contributed by atoms with Crippen molar-refractivity contribution < 1.29 is 9.90 Å². The Kier molecular flexibility index (Phi) is 2.14. The van der Waals surface area contributed by atoms with Crippen molar-refractivity contribution in [3.63, 3.8) is 0 Å². The van der Waals surface area contributed by atoms with Crippen molar-refractivity contribution in [2.75, 3.05) is 0 Å². The Labute approximate surface area is 66.9 Å². The van der Waals surface area contributed by atoms with E-state index in [1.807, 2.05) is 6.92 Å². The quantitative estimate of drug-likeness (QED) is 0.578. The molecule has 2 heteroatoms. The molecule has 1 saturated carbocycles. The number of hydrogen-bond donors (Lipinski definition) is 1. The van der Waals surface area contributed by atoms with Crippen LogP contribution in [0.2, 0.25) is 0 Å². The molecule has 11 heavy (non-hydrogen) atoms. The molecule has 1 rings (SSSR count). The molecule has 1 fully saturated rings. The van der Waals surface area contributed by atoms with Crippen LogP contribution in [-0.4, -0.2) is 17.0 Å². The molecule has 0 aliphatic heterocycles.